The molecule has 0 spiro atoms. The molecule has 14 rings (SSSR count). The fourth-order valence-electron chi connectivity index (χ4n) is 12.3. The highest BCUT2D eigenvalue weighted by Gasteiger charge is 2.44. The third-order valence-electron chi connectivity index (χ3n) is 15.3. The third-order valence-corrected chi connectivity index (χ3v) is 15.3. The van der Waals surface area contributed by atoms with Gasteiger partial charge in [-0.1, -0.05) is 159 Å². The second-order valence-electron chi connectivity index (χ2n) is 22.2. The van der Waals surface area contributed by atoms with Crippen LogP contribution in [0.25, 0.3) is 109 Å². The molecule has 0 amide bonds. The van der Waals surface area contributed by atoms with Crippen LogP contribution in [0.2, 0.25) is 0 Å². The van der Waals surface area contributed by atoms with Crippen LogP contribution in [-0.4, -0.2) is 20.5 Å². The lowest BCUT2D eigenvalue weighted by atomic mass is 9.45. The van der Waals surface area contributed by atoms with Crippen LogP contribution in [0.15, 0.2) is 140 Å². The Hall–Kier alpha value is -6.78. The minimum Gasteiger partial charge on any atom is -0.375 e. The molecule has 0 bridgehead atoms. The first-order valence-corrected chi connectivity index (χ1v) is 23.2. The number of nitrogens with zero attached hydrogens (tertiary/aromatic N) is 3. The molecule has 0 saturated carbocycles. The molecule has 0 fully saturated rings. The van der Waals surface area contributed by atoms with Crippen LogP contribution in [0.4, 0.5) is 0 Å². The monoisotopic (exact) mass is 823 g/mol. The van der Waals surface area contributed by atoms with Gasteiger partial charge in [0.15, 0.2) is 0 Å². The van der Waals surface area contributed by atoms with E-state index in [2.05, 4.69) is 215 Å². The van der Waals surface area contributed by atoms with Gasteiger partial charge in [0.2, 0.25) is 0 Å². The van der Waals surface area contributed by atoms with Crippen LogP contribution in [-0.2, 0) is 16.2 Å². The van der Waals surface area contributed by atoms with Gasteiger partial charge in [0.25, 0.3) is 0 Å². The molecule has 2 aliphatic rings. The molecule has 9 aromatic carbocycles. The number of fused-ring (bicyclic) bond motifs is 14. The van der Waals surface area contributed by atoms with E-state index in [-0.39, 0.29) is 23.1 Å². The first kappa shape index (κ1) is 36.7. The Balaban J connectivity index is 1.28. The van der Waals surface area contributed by atoms with E-state index >= 15 is 0 Å². The molecule has 5 heterocycles. The van der Waals surface area contributed by atoms with Crippen LogP contribution in [0.1, 0.15) is 79.0 Å². The molecule has 308 valence electrons. The van der Waals surface area contributed by atoms with Crippen molar-refractivity contribution in [1.29, 1.82) is 0 Å². The van der Waals surface area contributed by atoms with Crippen molar-refractivity contribution in [2.75, 3.05) is 0 Å². The van der Waals surface area contributed by atoms with Gasteiger partial charge in [0.1, 0.15) is 5.65 Å². The minimum atomic E-state index is -0.0627. The summed E-state index contributed by atoms with van der Waals surface area (Å²) in [6.07, 6.45) is 0. The van der Waals surface area contributed by atoms with Crippen LogP contribution < -0.4 is 10.9 Å². The highest BCUT2D eigenvalue weighted by Crippen LogP contribution is 2.52. The van der Waals surface area contributed by atoms with Gasteiger partial charge < -0.3 is 4.48 Å². The van der Waals surface area contributed by atoms with Gasteiger partial charge in [-0.3, -0.25) is 9.13 Å². The number of benzene rings is 9. The summed E-state index contributed by atoms with van der Waals surface area (Å²) < 4.78 is 8.02. The van der Waals surface area contributed by atoms with Crippen molar-refractivity contribution in [3.05, 3.63) is 156 Å². The van der Waals surface area contributed by atoms with Crippen molar-refractivity contribution in [2.24, 2.45) is 0 Å². The lowest BCUT2D eigenvalue weighted by molar-refractivity contribution is 0.590. The summed E-state index contributed by atoms with van der Waals surface area (Å²) in [6, 6.07) is 54.5. The number of aromatic nitrogens is 3. The molecular formula is C60H50BN3. The molecular weight excluding hydrogens is 773 g/mol. The van der Waals surface area contributed by atoms with Gasteiger partial charge in [0.05, 0.1) is 16.7 Å². The second-order valence-corrected chi connectivity index (χ2v) is 22.2. The van der Waals surface area contributed by atoms with Gasteiger partial charge in [-0.25, -0.2) is 0 Å². The average molecular weight is 824 g/mol. The van der Waals surface area contributed by atoms with Gasteiger partial charge in [-0.2, -0.15) is 0 Å². The molecule has 0 radical (unpaired) electrons. The van der Waals surface area contributed by atoms with Crippen molar-refractivity contribution >= 4 is 105 Å². The average Bonchev–Trinajstić information content (AvgIpc) is 3.91. The van der Waals surface area contributed by atoms with Gasteiger partial charge in [0, 0.05) is 60.0 Å². The van der Waals surface area contributed by atoms with E-state index in [1.54, 1.807) is 0 Å². The van der Waals surface area contributed by atoms with E-state index in [0.29, 0.717) is 0 Å². The Labute approximate surface area is 374 Å². The maximum absolute atomic E-state index is 2.76. The molecule has 2 aliphatic heterocycles. The van der Waals surface area contributed by atoms with Gasteiger partial charge >= 0.3 is 6.85 Å². The van der Waals surface area contributed by atoms with E-state index < -0.39 is 0 Å². The summed E-state index contributed by atoms with van der Waals surface area (Å²) in [6.45, 7) is 21.1. The first-order valence-electron chi connectivity index (χ1n) is 23.2. The second kappa shape index (κ2) is 11.7. The maximum atomic E-state index is 2.76. The minimum absolute atomic E-state index is 0.0143. The molecule has 0 atom stereocenters. The Kier molecular flexibility index (Phi) is 6.69. The summed E-state index contributed by atoms with van der Waals surface area (Å²) in [4.78, 5) is 0. The predicted molar refractivity (Wildman–Crippen MR) is 276 cm³/mol. The number of rotatable bonds is 1. The van der Waals surface area contributed by atoms with Crippen molar-refractivity contribution in [1.82, 2.24) is 13.6 Å². The zero-order valence-electron chi connectivity index (χ0n) is 38.2. The Bertz CT molecular complexity index is 4040. The highest BCUT2D eigenvalue weighted by atomic mass is 15.1. The van der Waals surface area contributed by atoms with Crippen molar-refractivity contribution in [2.45, 2.75) is 78.6 Å². The number of hydrogen-bond donors (Lipinski definition) is 0. The standard InChI is InChI=1S/C60H50BN3/c1-58(2,3)35-24-27-48-43(30-35)44-31-37(60(7,8)9)32-45-51-40-25-22-33-28-36(59(4,5)6)29-34-23-26-42(50(40)49(33)34)56-53(51)61(64(48)54(44)45)46-20-15-19-41-52-39-18-13-14-21-47(39)62(38-16-11-10-12-17-38)57(52)63(56)55(41)46/h10-32H,1-9H3. The molecule has 64 heavy (non-hydrogen) atoms. The fraction of sp³-hybridized carbons (Fsp3) is 0.200. The molecule has 3 nitrogen and oxygen atoms in total. The molecule has 3 aromatic heterocycles. The molecule has 4 heteroatoms. The van der Waals surface area contributed by atoms with Crippen LogP contribution >= 0.6 is 0 Å². The zero-order chi connectivity index (χ0) is 43.5. The molecule has 0 N–H and O–H groups in total. The van der Waals surface area contributed by atoms with Crippen molar-refractivity contribution in [3.63, 3.8) is 0 Å². The third kappa shape index (κ3) is 4.44. The maximum Gasteiger partial charge on any atom is 0.333 e. The number of para-hydroxylation sites is 3. The Morgan fingerprint density at radius 1 is 0.422 bits per heavy atom. The molecule has 12 aromatic rings. The van der Waals surface area contributed by atoms with Gasteiger partial charge in [-0.15, -0.1) is 0 Å². The molecule has 0 unspecified atom stereocenters. The van der Waals surface area contributed by atoms with Crippen LogP contribution in [0.5, 0.6) is 0 Å². The quantitative estimate of drug-likeness (QED) is 0.116. The van der Waals surface area contributed by atoms with Crippen LogP contribution in [0.3, 0.4) is 0 Å². The van der Waals surface area contributed by atoms with E-state index in [1.807, 2.05) is 0 Å². The van der Waals surface area contributed by atoms with E-state index in [9.17, 15) is 0 Å². The smallest absolute Gasteiger partial charge is 0.333 e. The topological polar surface area (TPSA) is 14.8 Å². The Morgan fingerprint density at radius 3 is 1.81 bits per heavy atom. The largest absolute Gasteiger partial charge is 0.375 e. The predicted octanol–water partition coefficient (Wildman–Crippen LogP) is 14.6. The molecule has 0 aliphatic carbocycles. The van der Waals surface area contributed by atoms with E-state index in [0.717, 1.165) is 0 Å². The summed E-state index contributed by atoms with van der Waals surface area (Å²) in [5.41, 5.74) is 18.5. The lowest BCUT2D eigenvalue weighted by Crippen LogP contribution is -2.55. The summed E-state index contributed by atoms with van der Waals surface area (Å²) >= 11 is 0. The van der Waals surface area contributed by atoms with Crippen molar-refractivity contribution < 1.29 is 0 Å². The van der Waals surface area contributed by atoms with E-state index in [1.165, 1.54) is 137 Å². The van der Waals surface area contributed by atoms with Crippen molar-refractivity contribution in [3.8, 4) is 22.5 Å². The zero-order valence-corrected chi connectivity index (χ0v) is 38.2. The van der Waals surface area contributed by atoms with E-state index in [4.69, 9.17) is 0 Å². The number of hydrogen-bond acceptors (Lipinski definition) is 0. The molecule has 0 saturated heterocycles. The SMILES string of the molecule is CC(C)(C)c1cc2ccc3c4c5c(c6ccc(c1)c2c36)-n1c2c(cccc2c2c3ccccc3n(-c3ccccc3)c21)B5n1c2ccc(C(C)(C)C)cc2c2cc(C(C)(C)C)cc-4c21. The fourth-order valence-corrected chi connectivity index (χ4v) is 12.3. The Morgan fingerprint density at radius 2 is 1.08 bits per heavy atom. The van der Waals surface area contributed by atoms with Crippen LogP contribution in [0, 0.1) is 0 Å². The summed E-state index contributed by atoms with van der Waals surface area (Å²) in [5, 5.41) is 14.6. The normalized spacial score (nSPS) is 14.0. The summed E-state index contributed by atoms with van der Waals surface area (Å²) in [7, 11) is 0. The highest BCUT2D eigenvalue weighted by molar-refractivity contribution is 6.90. The first-order chi connectivity index (χ1) is 30.7. The van der Waals surface area contributed by atoms with Gasteiger partial charge in [-0.05, 0) is 113 Å². The lowest BCUT2D eigenvalue weighted by Gasteiger charge is -2.36. The summed E-state index contributed by atoms with van der Waals surface area (Å²) in [5.74, 6) is 0.